The normalized spacial score (nSPS) is 14.9. The Balaban J connectivity index is 1.65. The number of amides is 2. The number of aryl methyl sites for hydroxylation is 1. The van der Waals surface area contributed by atoms with E-state index in [1.807, 2.05) is 39.8 Å². The largest absolute Gasteiger partial charge is 0.464 e. The van der Waals surface area contributed by atoms with Crippen molar-refractivity contribution in [2.24, 2.45) is 5.41 Å². The second-order valence-electron chi connectivity index (χ2n) is 10.5. The summed E-state index contributed by atoms with van der Waals surface area (Å²) in [4.78, 5) is 52.5. The summed E-state index contributed by atoms with van der Waals surface area (Å²) in [5, 5.41) is 18.0. The van der Waals surface area contributed by atoms with Crippen molar-refractivity contribution >= 4 is 40.5 Å². The summed E-state index contributed by atoms with van der Waals surface area (Å²) >= 11 is 6.40. The molecule has 3 aromatic rings. The summed E-state index contributed by atoms with van der Waals surface area (Å²) in [5.41, 5.74) is -0.564. The van der Waals surface area contributed by atoms with Gasteiger partial charge >= 0.3 is 0 Å². The summed E-state index contributed by atoms with van der Waals surface area (Å²) in [6.45, 7) is 9.30. The maximum atomic E-state index is 13.4. The highest BCUT2D eigenvalue weighted by atomic mass is 35.5. The summed E-state index contributed by atoms with van der Waals surface area (Å²) in [5.74, 6) is 0.490. The van der Waals surface area contributed by atoms with Gasteiger partial charge in [0.1, 0.15) is 28.9 Å². The lowest BCUT2D eigenvalue weighted by atomic mass is 9.85. The van der Waals surface area contributed by atoms with Crippen LogP contribution < -0.4 is 26.8 Å². The number of carbonyl (C=O) groups is 2. The molecule has 0 fully saturated rings. The van der Waals surface area contributed by atoms with E-state index >= 15 is 0 Å². The zero-order valence-electron chi connectivity index (χ0n) is 21.9. The molecule has 2 amide bonds. The summed E-state index contributed by atoms with van der Waals surface area (Å²) in [7, 11) is 0. The van der Waals surface area contributed by atoms with Gasteiger partial charge in [-0.05, 0) is 43.5 Å². The molecule has 2 heterocycles. The number of halogens is 1. The molecule has 202 valence electrons. The molecule has 2 atom stereocenters. The van der Waals surface area contributed by atoms with Crippen molar-refractivity contribution in [2.45, 2.75) is 53.2 Å². The molecule has 4 N–H and O–H groups in total. The van der Waals surface area contributed by atoms with Gasteiger partial charge in [0.15, 0.2) is 0 Å². The van der Waals surface area contributed by atoms with Gasteiger partial charge in [0, 0.05) is 23.7 Å². The molecular weight excluding hydrogens is 512 g/mol. The third kappa shape index (κ3) is 4.93. The first-order valence-corrected chi connectivity index (χ1v) is 12.7. The number of carbonyl (C=O) groups excluding carboxylic acids is 2. The van der Waals surface area contributed by atoms with E-state index in [9.17, 15) is 19.2 Å². The fraction of sp³-hybridized carbons (Fsp3) is 0.407. The van der Waals surface area contributed by atoms with Crippen molar-refractivity contribution in [3.05, 3.63) is 72.4 Å². The number of aliphatic hydroxyl groups excluding tert-OH is 1. The first kappa shape index (κ1) is 27.4. The van der Waals surface area contributed by atoms with E-state index in [1.54, 1.807) is 19.1 Å². The summed E-state index contributed by atoms with van der Waals surface area (Å²) in [6, 6.07) is 5.59. The number of rotatable bonds is 9. The van der Waals surface area contributed by atoms with Gasteiger partial charge in [-0.3, -0.25) is 19.2 Å². The Morgan fingerprint density at radius 1 is 1.13 bits per heavy atom. The first-order chi connectivity index (χ1) is 17.8. The van der Waals surface area contributed by atoms with E-state index in [1.165, 1.54) is 4.90 Å². The van der Waals surface area contributed by atoms with E-state index in [2.05, 4.69) is 16.0 Å². The fourth-order valence-corrected chi connectivity index (χ4v) is 4.76. The molecule has 1 aliphatic rings. The van der Waals surface area contributed by atoms with Gasteiger partial charge in [0.2, 0.25) is 5.91 Å². The van der Waals surface area contributed by atoms with Crippen molar-refractivity contribution in [3.8, 4) is 0 Å². The Morgan fingerprint density at radius 3 is 2.42 bits per heavy atom. The Hall–Kier alpha value is -3.63. The molecule has 10 nitrogen and oxygen atoms in total. The van der Waals surface area contributed by atoms with Crippen LogP contribution in [0.1, 0.15) is 61.2 Å². The van der Waals surface area contributed by atoms with Crippen LogP contribution >= 0.6 is 11.6 Å². The molecule has 0 saturated heterocycles. The molecule has 38 heavy (non-hydrogen) atoms. The van der Waals surface area contributed by atoms with E-state index in [0.717, 1.165) is 5.76 Å². The number of benzene rings is 1. The van der Waals surface area contributed by atoms with Crippen LogP contribution in [0, 0.1) is 12.3 Å². The lowest BCUT2D eigenvalue weighted by molar-refractivity contribution is -0.125. The van der Waals surface area contributed by atoms with Crippen molar-refractivity contribution in [1.82, 2.24) is 10.2 Å². The van der Waals surface area contributed by atoms with Crippen LogP contribution in [0.2, 0.25) is 5.02 Å². The minimum absolute atomic E-state index is 0.0389. The second-order valence-corrected chi connectivity index (χ2v) is 10.9. The number of aliphatic hydroxyl groups is 1. The van der Waals surface area contributed by atoms with Crippen molar-refractivity contribution in [1.29, 1.82) is 0 Å². The monoisotopic (exact) mass is 542 g/mol. The maximum absolute atomic E-state index is 13.4. The number of nitrogens with zero attached hydrogens (tertiary/aromatic N) is 1. The van der Waals surface area contributed by atoms with Crippen LogP contribution in [0.4, 0.5) is 17.1 Å². The van der Waals surface area contributed by atoms with Crippen molar-refractivity contribution in [2.75, 3.05) is 23.8 Å². The highest BCUT2D eigenvalue weighted by Gasteiger charge is 2.38. The van der Waals surface area contributed by atoms with Gasteiger partial charge in [-0.15, -0.1) is 0 Å². The lowest BCUT2D eigenvalue weighted by Gasteiger charge is -2.31. The third-order valence-electron chi connectivity index (χ3n) is 6.69. The van der Waals surface area contributed by atoms with E-state index < -0.39 is 34.8 Å². The van der Waals surface area contributed by atoms with Crippen molar-refractivity contribution < 1.29 is 19.1 Å². The zero-order chi connectivity index (χ0) is 27.9. The minimum Gasteiger partial charge on any atom is -0.464 e. The summed E-state index contributed by atoms with van der Waals surface area (Å²) < 4.78 is 5.81. The highest BCUT2D eigenvalue weighted by Crippen LogP contribution is 2.40. The fourth-order valence-electron chi connectivity index (χ4n) is 4.54. The number of anilines is 3. The average molecular weight is 543 g/mol. The smallest absolute Gasteiger partial charge is 0.257 e. The predicted octanol–water partition coefficient (Wildman–Crippen LogP) is 3.23. The SMILES string of the molecule is Cc1ccc([C@H](Nc2c(Nc3ccc(Cl)c4c3C(=O)N(C(C)C(=O)NCCO)C4)c(=O)c2=O)C(C)(C)C)o1. The van der Waals surface area contributed by atoms with Gasteiger partial charge in [0.05, 0.1) is 23.9 Å². The first-order valence-electron chi connectivity index (χ1n) is 12.3. The highest BCUT2D eigenvalue weighted by molar-refractivity contribution is 6.32. The molecular formula is C27H31ClN4O6. The summed E-state index contributed by atoms with van der Waals surface area (Å²) in [6.07, 6.45) is 0. The molecule has 1 aromatic heterocycles. The third-order valence-corrected chi connectivity index (χ3v) is 7.04. The molecule has 0 aliphatic carbocycles. The van der Waals surface area contributed by atoms with Gasteiger partial charge in [-0.25, -0.2) is 0 Å². The zero-order valence-corrected chi connectivity index (χ0v) is 22.7. The second kappa shape index (κ2) is 10.3. The maximum Gasteiger partial charge on any atom is 0.257 e. The van der Waals surface area contributed by atoms with Gasteiger partial charge < -0.3 is 30.4 Å². The number of fused-ring (bicyclic) bond motifs is 1. The Kier molecular flexibility index (Phi) is 7.40. The topological polar surface area (TPSA) is 141 Å². The molecule has 4 rings (SSSR count). The Labute approximate surface area is 224 Å². The lowest BCUT2D eigenvalue weighted by Crippen LogP contribution is -2.45. The van der Waals surface area contributed by atoms with E-state index in [0.29, 0.717) is 22.0 Å². The van der Waals surface area contributed by atoms with E-state index in [-0.39, 0.29) is 42.0 Å². The van der Waals surface area contributed by atoms with Crippen LogP contribution in [0.15, 0.2) is 38.3 Å². The Morgan fingerprint density at radius 2 is 1.82 bits per heavy atom. The van der Waals surface area contributed by atoms with Crippen LogP contribution in [-0.4, -0.2) is 41.0 Å². The molecule has 0 radical (unpaired) electrons. The van der Waals surface area contributed by atoms with Gasteiger partial charge in [0.25, 0.3) is 16.8 Å². The number of hydrogen-bond donors (Lipinski definition) is 4. The standard InChI is InChI=1S/C27H31ClN4O6/c1-13-6-9-18(38-13)24(27(3,4)5)31-21-20(22(34)23(21)35)30-17-8-7-16(28)15-12-32(26(37)19(15)17)14(2)25(36)29-10-11-33/h6-9,14,24,30-31,33H,10-12H2,1-5H3,(H,29,36)/t14?,24-/m0/s1. The van der Waals surface area contributed by atoms with Crippen molar-refractivity contribution in [3.63, 3.8) is 0 Å². The molecule has 0 spiro atoms. The van der Waals surface area contributed by atoms with Crippen LogP contribution in [0.25, 0.3) is 0 Å². The molecule has 1 aliphatic heterocycles. The average Bonchev–Trinajstić information content (AvgIpc) is 3.45. The number of hydrogen-bond acceptors (Lipinski definition) is 8. The number of nitrogens with one attached hydrogen (secondary N) is 3. The van der Waals surface area contributed by atoms with Crippen LogP contribution in [0.5, 0.6) is 0 Å². The molecule has 2 aromatic carbocycles. The van der Waals surface area contributed by atoms with Gasteiger partial charge in [-0.2, -0.15) is 0 Å². The quantitative estimate of drug-likeness (QED) is 0.302. The van der Waals surface area contributed by atoms with Gasteiger partial charge in [-0.1, -0.05) is 32.4 Å². The minimum atomic E-state index is -0.821. The van der Waals surface area contributed by atoms with Crippen LogP contribution in [0.3, 0.4) is 0 Å². The molecule has 0 saturated carbocycles. The molecule has 0 bridgehead atoms. The predicted molar refractivity (Wildman–Crippen MR) is 145 cm³/mol. The molecule has 11 heteroatoms. The number of furan rings is 1. The Bertz CT molecular complexity index is 1460. The van der Waals surface area contributed by atoms with Crippen LogP contribution in [-0.2, 0) is 11.3 Å². The van der Waals surface area contributed by atoms with E-state index in [4.69, 9.17) is 21.1 Å². The molecule has 1 unspecified atom stereocenters.